The van der Waals surface area contributed by atoms with Crippen LogP contribution in [0, 0.1) is 0 Å². The Bertz CT molecular complexity index is 486. The maximum atomic E-state index is 12.8. The lowest BCUT2D eigenvalue weighted by atomic mass is 10.0. The van der Waals surface area contributed by atoms with Gasteiger partial charge in [0.25, 0.3) is 6.43 Å². The number of ether oxygens (including phenoxy) is 1. The van der Waals surface area contributed by atoms with Gasteiger partial charge in [-0.05, 0) is 12.5 Å². The molecular weight excluding hydrogens is 246 g/mol. The normalized spacial score (nSPS) is 10.7. The molecule has 0 unspecified atom stereocenters. The fraction of sp³-hybridized carbons (Fsp3) is 0.455. The number of carbonyl (C=O) groups is 1. The van der Waals surface area contributed by atoms with Crippen molar-refractivity contribution in [2.45, 2.75) is 26.3 Å². The van der Waals surface area contributed by atoms with Gasteiger partial charge in [-0.3, -0.25) is 9.59 Å². The number of esters is 1. The third kappa shape index (κ3) is 3.36. The molecule has 0 saturated heterocycles. The first kappa shape index (κ1) is 14.3. The Morgan fingerprint density at radius 2 is 2.22 bits per heavy atom. The summed E-state index contributed by atoms with van der Waals surface area (Å²) in [5.41, 5.74) is 4.39. The molecule has 1 aromatic heterocycles. The van der Waals surface area contributed by atoms with E-state index in [-0.39, 0.29) is 30.8 Å². The van der Waals surface area contributed by atoms with Gasteiger partial charge in [-0.1, -0.05) is 0 Å². The maximum absolute atomic E-state index is 12.8. The Balaban J connectivity index is 3.21. The van der Waals surface area contributed by atoms with Crippen LogP contribution in [0.3, 0.4) is 0 Å². The van der Waals surface area contributed by atoms with Crippen LogP contribution < -0.4 is 11.3 Å². The topological polar surface area (TPSA) is 85.2 Å². The summed E-state index contributed by atoms with van der Waals surface area (Å²) in [6.07, 6.45) is -3.18. The van der Waals surface area contributed by atoms with Crippen molar-refractivity contribution in [1.29, 1.82) is 0 Å². The van der Waals surface area contributed by atoms with Gasteiger partial charge >= 0.3 is 5.97 Å². The zero-order chi connectivity index (χ0) is 13.7. The van der Waals surface area contributed by atoms with Crippen LogP contribution in [0.1, 0.15) is 30.2 Å². The predicted octanol–water partition coefficient (Wildman–Crippen LogP) is 0.877. The number of nitrogens with two attached hydrogens (primary N) is 1. The summed E-state index contributed by atoms with van der Waals surface area (Å²) < 4.78 is 30.3. The summed E-state index contributed by atoms with van der Waals surface area (Å²) in [7, 11) is 0. The van der Waals surface area contributed by atoms with Gasteiger partial charge < -0.3 is 15.5 Å². The largest absolute Gasteiger partial charge is 0.466 e. The number of rotatable bonds is 5. The van der Waals surface area contributed by atoms with E-state index in [9.17, 15) is 18.4 Å². The highest BCUT2D eigenvalue weighted by atomic mass is 19.3. The molecular formula is C11H14F2N2O3. The minimum atomic E-state index is -2.85. The minimum absolute atomic E-state index is 0.0329. The van der Waals surface area contributed by atoms with Crippen molar-refractivity contribution >= 4 is 5.97 Å². The van der Waals surface area contributed by atoms with Gasteiger partial charge in [-0.15, -0.1) is 0 Å². The summed E-state index contributed by atoms with van der Waals surface area (Å²) in [6, 6.07) is 0.776. The second-order valence-electron chi connectivity index (χ2n) is 3.53. The monoisotopic (exact) mass is 260 g/mol. The number of H-pyrrole nitrogens is 1. The third-order valence-corrected chi connectivity index (χ3v) is 2.34. The zero-order valence-corrected chi connectivity index (χ0v) is 9.83. The Morgan fingerprint density at radius 3 is 2.72 bits per heavy atom. The van der Waals surface area contributed by atoms with Gasteiger partial charge in [0.1, 0.15) is 0 Å². The fourth-order valence-electron chi connectivity index (χ4n) is 1.60. The Labute approximate surface area is 102 Å². The molecule has 0 aliphatic carbocycles. The molecule has 0 saturated carbocycles. The predicted molar refractivity (Wildman–Crippen MR) is 60.2 cm³/mol. The highest BCUT2D eigenvalue weighted by Crippen LogP contribution is 2.23. The highest BCUT2D eigenvalue weighted by Gasteiger charge is 2.20. The van der Waals surface area contributed by atoms with Crippen molar-refractivity contribution in [3.8, 4) is 0 Å². The Hall–Kier alpha value is -1.76. The van der Waals surface area contributed by atoms with E-state index in [1.807, 2.05) is 0 Å². The van der Waals surface area contributed by atoms with Crippen LogP contribution in [0.25, 0.3) is 0 Å². The van der Waals surface area contributed by atoms with E-state index in [0.29, 0.717) is 0 Å². The van der Waals surface area contributed by atoms with E-state index >= 15 is 0 Å². The number of hydrogen-bond donors (Lipinski definition) is 2. The summed E-state index contributed by atoms with van der Waals surface area (Å²) in [5.74, 6) is -0.638. The Morgan fingerprint density at radius 1 is 1.56 bits per heavy atom. The van der Waals surface area contributed by atoms with Crippen molar-refractivity contribution in [3.05, 3.63) is 33.2 Å². The number of aromatic nitrogens is 1. The van der Waals surface area contributed by atoms with Gasteiger partial charge in [0.05, 0.1) is 13.0 Å². The molecule has 1 heterocycles. The van der Waals surface area contributed by atoms with E-state index in [1.54, 1.807) is 6.92 Å². The molecule has 5 nitrogen and oxygen atoms in total. The van der Waals surface area contributed by atoms with Crippen LogP contribution in [0.2, 0.25) is 0 Å². The number of hydrogen-bond acceptors (Lipinski definition) is 4. The summed E-state index contributed by atoms with van der Waals surface area (Å²) in [4.78, 5) is 24.9. The van der Waals surface area contributed by atoms with Gasteiger partial charge in [-0.25, -0.2) is 8.78 Å². The molecule has 1 aromatic rings. The van der Waals surface area contributed by atoms with Crippen LogP contribution in [0.4, 0.5) is 8.78 Å². The smallest absolute Gasteiger partial charge is 0.310 e. The molecule has 0 fully saturated rings. The van der Waals surface area contributed by atoms with Gasteiger partial charge in [0.2, 0.25) is 5.56 Å². The lowest BCUT2D eigenvalue weighted by molar-refractivity contribution is -0.142. The second-order valence-corrected chi connectivity index (χ2v) is 3.53. The van der Waals surface area contributed by atoms with Crippen molar-refractivity contribution in [3.63, 3.8) is 0 Å². The number of carbonyl (C=O) groups excluding carboxylic acids is 1. The standard InChI is InChI=1S/C11H14F2N2O3/c1-2-18-10(17)4-6-7(11(12)13)3-9(16)15-8(6)5-14/h3,11H,2,4-5,14H2,1H3,(H,15,16). The molecule has 1 rings (SSSR count). The molecule has 0 atom stereocenters. The molecule has 0 amide bonds. The fourth-order valence-corrected chi connectivity index (χ4v) is 1.60. The van der Waals surface area contributed by atoms with Crippen LogP contribution in [0.5, 0.6) is 0 Å². The quantitative estimate of drug-likeness (QED) is 0.769. The van der Waals surface area contributed by atoms with E-state index < -0.39 is 23.5 Å². The summed E-state index contributed by atoms with van der Waals surface area (Å²) in [6.45, 7) is 1.64. The van der Waals surface area contributed by atoms with E-state index in [4.69, 9.17) is 10.5 Å². The molecule has 0 aromatic carbocycles. The number of aromatic amines is 1. The van der Waals surface area contributed by atoms with Crippen molar-refractivity contribution < 1.29 is 18.3 Å². The van der Waals surface area contributed by atoms with Gasteiger partial charge in [-0.2, -0.15) is 0 Å². The number of halogens is 2. The maximum Gasteiger partial charge on any atom is 0.310 e. The van der Waals surface area contributed by atoms with Crippen LogP contribution in [0.15, 0.2) is 10.9 Å². The first-order chi connectivity index (χ1) is 8.49. The number of nitrogens with one attached hydrogen (secondary N) is 1. The van der Waals surface area contributed by atoms with E-state index in [1.165, 1.54) is 0 Å². The Kier molecular flexibility index (Phi) is 4.96. The van der Waals surface area contributed by atoms with Crippen molar-refractivity contribution in [1.82, 2.24) is 4.98 Å². The molecule has 3 N–H and O–H groups in total. The minimum Gasteiger partial charge on any atom is -0.466 e. The summed E-state index contributed by atoms with van der Waals surface area (Å²) in [5, 5.41) is 0. The lowest BCUT2D eigenvalue weighted by Gasteiger charge is -2.12. The lowest BCUT2D eigenvalue weighted by Crippen LogP contribution is -2.20. The molecule has 18 heavy (non-hydrogen) atoms. The van der Waals surface area contributed by atoms with Crippen molar-refractivity contribution in [2.24, 2.45) is 5.73 Å². The number of pyridine rings is 1. The average molecular weight is 260 g/mol. The highest BCUT2D eigenvalue weighted by molar-refractivity contribution is 5.73. The van der Waals surface area contributed by atoms with Crippen LogP contribution in [-0.4, -0.2) is 17.6 Å². The van der Waals surface area contributed by atoms with Gasteiger partial charge in [0, 0.05) is 23.9 Å². The molecule has 0 spiro atoms. The molecule has 0 aliphatic rings. The summed E-state index contributed by atoms with van der Waals surface area (Å²) >= 11 is 0. The van der Waals surface area contributed by atoms with E-state index in [2.05, 4.69) is 4.98 Å². The second kappa shape index (κ2) is 6.25. The molecule has 7 heteroatoms. The molecule has 100 valence electrons. The zero-order valence-electron chi connectivity index (χ0n) is 9.83. The first-order valence-corrected chi connectivity index (χ1v) is 5.38. The SMILES string of the molecule is CCOC(=O)Cc1c(C(F)F)cc(=O)[nH]c1CN. The average Bonchev–Trinajstić information content (AvgIpc) is 2.30. The van der Waals surface area contributed by atoms with Crippen LogP contribution in [-0.2, 0) is 22.5 Å². The molecule has 0 bridgehead atoms. The van der Waals surface area contributed by atoms with Crippen LogP contribution >= 0.6 is 0 Å². The first-order valence-electron chi connectivity index (χ1n) is 5.38. The van der Waals surface area contributed by atoms with Crippen molar-refractivity contribution in [2.75, 3.05) is 6.61 Å². The van der Waals surface area contributed by atoms with Gasteiger partial charge in [0.15, 0.2) is 0 Å². The number of alkyl halides is 2. The molecule has 0 radical (unpaired) electrons. The van der Waals surface area contributed by atoms with E-state index in [0.717, 1.165) is 6.07 Å². The third-order valence-electron chi connectivity index (χ3n) is 2.34. The molecule has 0 aliphatic heterocycles.